The van der Waals surface area contributed by atoms with Gasteiger partial charge in [-0.2, -0.15) is 0 Å². The van der Waals surface area contributed by atoms with Crippen LogP contribution in [0.3, 0.4) is 0 Å². The third-order valence-electron chi connectivity index (χ3n) is 3.12. The summed E-state index contributed by atoms with van der Waals surface area (Å²) in [4.78, 5) is 1.13. The molecular formula is C17H19FO2S. The van der Waals surface area contributed by atoms with Crippen LogP contribution in [0.1, 0.15) is 11.1 Å². The first-order valence-electron chi connectivity index (χ1n) is 6.78. The fourth-order valence-electron chi connectivity index (χ4n) is 2.07. The van der Waals surface area contributed by atoms with Gasteiger partial charge in [-0.25, -0.2) is 4.39 Å². The Bertz CT molecular complexity index is 601. The Morgan fingerprint density at radius 3 is 2.71 bits per heavy atom. The Morgan fingerprint density at radius 1 is 1.24 bits per heavy atom. The number of halogens is 1. The lowest BCUT2D eigenvalue weighted by atomic mass is 10.1. The summed E-state index contributed by atoms with van der Waals surface area (Å²) in [5.74, 6) is 0.410. The molecule has 1 N–H and O–H groups in total. The Kier molecular flexibility index (Phi) is 5.65. The average Bonchev–Trinajstić information content (AvgIpc) is 2.45. The van der Waals surface area contributed by atoms with Crippen molar-refractivity contribution >= 4 is 11.8 Å². The van der Waals surface area contributed by atoms with Gasteiger partial charge in [0.05, 0.1) is 13.2 Å². The van der Waals surface area contributed by atoms with Crippen molar-refractivity contribution in [3.8, 4) is 5.75 Å². The molecule has 0 radical (unpaired) electrons. The van der Waals surface area contributed by atoms with Gasteiger partial charge in [0.1, 0.15) is 0 Å². The lowest BCUT2D eigenvalue weighted by Gasteiger charge is -2.11. The van der Waals surface area contributed by atoms with Gasteiger partial charge < -0.3 is 9.84 Å². The van der Waals surface area contributed by atoms with Gasteiger partial charge in [-0.1, -0.05) is 23.8 Å². The van der Waals surface area contributed by atoms with E-state index in [1.807, 2.05) is 25.1 Å². The normalized spacial score (nSPS) is 12.2. The van der Waals surface area contributed by atoms with E-state index < -0.39 is 11.9 Å². The van der Waals surface area contributed by atoms with Crippen LogP contribution in [0.4, 0.5) is 4.39 Å². The molecule has 0 aromatic heterocycles. The lowest BCUT2D eigenvalue weighted by Crippen LogP contribution is -2.13. The van der Waals surface area contributed by atoms with Crippen LogP contribution in [0, 0.1) is 12.7 Å². The number of hydrogen-bond donors (Lipinski definition) is 1. The molecule has 0 amide bonds. The standard InChI is InChI=1S/C17H19FO2S/c1-12-4-3-5-15(8-12)21-11-14(19)9-13-6-7-17(20-2)16(18)10-13/h3-8,10,14,19H,9,11H2,1-2H3. The maximum absolute atomic E-state index is 13.6. The van der Waals surface area contributed by atoms with Crippen LogP contribution in [0.5, 0.6) is 5.75 Å². The summed E-state index contributed by atoms with van der Waals surface area (Å²) >= 11 is 1.61. The molecule has 0 aliphatic rings. The number of aryl methyl sites for hydroxylation is 1. The molecule has 0 saturated heterocycles. The molecule has 1 unspecified atom stereocenters. The Hall–Kier alpha value is -1.52. The fraction of sp³-hybridized carbons (Fsp3) is 0.294. The van der Waals surface area contributed by atoms with Crippen LogP contribution >= 0.6 is 11.8 Å². The first-order chi connectivity index (χ1) is 10.1. The van der Waals surface area contributed by atoms with Gasteiger partial charge in [0, 0.05) is 10.6 Å². The van der Waals surface area contributed by atoms with E-state index in [-0.39, 0.29) is 5.75 Å². The molecule has 0 aliphatic carbocycles. The predicted molar refractivity (Wildman–Crippen MR) is 84.6 cm³/mol. The van der Waals surface area contributed by atoms with E-state index >= 15 is 0 Å². The number of hydrogen-bond acceptors (Lipinski definition) is 3. The summed E-state index contributed by atoms with van der Waals surface area (Å²) in [6, 6.07) is 12.9. The van der Waals surface area contributed by atoms with Crippen molar-refractivity contribution in [2.24, 2.45) is 0 Å². The van der Waals surface area contributed by atoms with Gasteiger partial charge in [-0.3, -0.25) is 0 Å². The van der Waals surface area contributed by atoms with Crippen LogP contribution in [-0.2, 0) is 6.42 Å². The highest BCUT2D eigenvalue weighted by Crippen LogP contribution is 2.22. The smallest absolute Gasteiger partial charge is 0.165 e. The first-order valence-corrected chi connectivity index (χ1v) is 7.77. The van der Waals surface area contributed by atoms with E-state index in [1.165, 1.54) is 18.7 Å². The van der Waals surface area contributed by atoms with Crippen molar-refractivity contribution < 1.29 is 14.2 Å². The number of rotatable bonds is 6. The number of aliphatic hydroxyl groups excluding tert-OH is 1. The molecule has 0 fully saturated rings. The number of thioether (sulfide) groups is 1. The van der Waals surface area contributed by atoms with Gasteiger partial charge in [-0.05, 0) is 43.2 Å². The van der Waals surface area contributed by atoms with E-state index in [2.05, 4.69) is 6.07 Å². The van der Waals surface area contributed by atoms with Gasteiger partial charge in [0.2, 0.25) is 0 Å². The molecular weight excluding hydrogens is 287 g/mol. The minimum absolute atomic E-state index is 0.224. The van der Waals surface area contributed by atoms with E-state index in [0.29, 0.717) is 12.2 Å². The van der Waals surface area contributed by atoms with Crippen molar-refractivity contribution in [2.75, 3.05) is 12.9 Å². The molecule has 4 heteroatoms. The molecule has 112 valence electrons. The average molecular weight is 306 g/mol. The van der Waals surface area contributed by atoms with Crippen LogP contribution < -0.4 is 4.74 Å². The number of aliphatic hydroxyl groups is 1. The molecule has 0 bridgehead atoms. The molecule has 0 saturated carbocycles. The number of methoxy groups -OCH3 is 1. The summed E-state index contributed by atoms with van der Waals surface area (Å²) < 4.78 is 18.5. The first kappa shape index (κ1) is 15.9. The van der Waals surface area contributed by atoms with Crippen LogP contribution in [0.2, 0.25) is 0 Å². The lowest BCUT2D eigenvalue weighted by molar-refractivity contribution is 0.200. The highest BCUT2D eigenvalue weighted by Gasteiger charge is 2.09. The van der Waals surface area contributed by atoms with Crippen molar-refractivity contribution in [2.45, 2.75) is 24.3 Å². The van der Waals surface area contributed by atoms with E-state index in [0.717, 1.165) is 10.5 Å². The number of ether oxygens (including phenoxy) is 1. The summed E-state index contributed by atoms with van der Waals surface area (Å²) in [6.07, 6.45) is -0.0805. The van der Waals surface area contributed by atoms with Crippen LogP contribution in [-0.4, -0.2) is 24.1 Å². The highest BCUT2D eigenvalue weighted by atomic mass is 32.2. The fourth-order valence-corrected chi connectivity index (χ4v) is 3.01. The van der Waals surface area contributed by atoms with Crippen molar-refractivity contribution in [1.82, 2.24) is 0 Å². The van der Waals surface area contributed by atoms with E-state index in [4.69, 9.17) is 4.74 Å². The Morgan fingerprint density at radius 2 is 2.05 bits per heavy atom. The molecule has 0 spiro atoms. The Balaban J connectivity index is 1.89. The molecule has 21 heavy (non-hydrogen) atoms. The highest BCUT2D eigenvalue weighted by molar-refractivity contribution is 7.99. The second-order valence-electron chi connectivity index (χ2n) is 4.95. The molecule has 0 heterocycles. The SMILES string of the molecule is COc1ccc(CC(O)CSc2cccc(C)c2)cc1F. The predicted octanol–water partition coefficient (Wildman–Crippen LogP) is 3.84. The largest absolute Gasteiger partial charge is 0.494 e. The zero-order valence-corrected chi connectivity index (χ0v) is 13.0. The monoisotopic (exact) mass is 306 g/mol. The van der Waals surface area contributed by atoms with Gasteiger partial charge in [0.25, 0.3) is 0 Å². The van der Waals surface area contributed by atoms with E-state index in [1.54, 1.807) is 23.9 Å². The van der Waals surface area contributed by atoms with Crippen molar-refractivity contribution in [3.05, 3.63) is 59.4 Å². The molecule has 2 aromatic carbocycles. The van der Waals surface area contributed by atoms with Gasteiger partial charge in [0.15, 0.2) is 11.6 Å². The third-order valence-corrected chi connectivity index (χ3v) is 4.26. The minimum atomic E-state index is -0.511. The maximum atomic E-state index is 13.6. The summed E-state index contributed by atoms with van der Waals surface area (Å²) in [7, 11) is 1.44. The molecule has 0 aliphatic heterocycles. The van der Waals surface area contributed by atoms with Crippen molar-refractivity contribution in [1.29, 1.82) is 0 Å². The zero-order valence-electron chi connectivity index (χ0n) is 12.2. The van der Waals surface area contributed by atoms with Crippen LogP contribution in [0.15, 0.2) is 47.4 Å². The summed E-state index contributed by atoms with van der Waals surface area (Å²) in [6.45, 7) is 2.04. The summed E-state index contributed by atoms with van der Waals surface area (Å²) in [5, 5.41) is 10.1. The van der Waals surface area contributed by atoms with E-state index in [9.17, 15) is 9.50 Å². The molecule has 2 nitrogen and oxygen atoms in total. The van der Waals surface area contributed by atoms with Crippen LogP contribution in [0.25, 0.3) is 0 Å². The topological polar surface area (TPSA) is 29.5 Å². The molecule has 2 rings (SSSR count). The van der Waals surface area contributed by atoms with Gasteiger partial charge in [-0.15, -0.1) is 11.8 Å². The second kappa shape index (κ2) is 7.48. The van der Waals surface area contributed by atoms with Crippen molar-refractivity contribution in [3.63, 3.8) is 0 Å². The third kappa shape index (κ3) is 4.76. The second-order valence-corrected chi connectivity index (χ2v) is 6.05. The molecule has 2 aromatic rings. The Labute approximate surface area is 129 Å². The maximum Gasteiger partial charge on any atom is 0.165 e. The zero-order chi connectivity index (χ0) is 15.2. The summed E-state index contributed by atoms with van der Waals surface area (Å²) in [5.41, 5.74) is 1.97. The minimum Gasteiger partial charge on any atom is -0.494 e. The quantitative estimate of drug-likeness (QED) is 0.822. The number of benzene rings is 2. The van der Waals surface area contributed by atoms with Gasteiger partial charge >= 0.3 is 0 Å². The molecule has 1 atom stereocenters.